The number of aryl methyl sites for hydroxylation is 3. The molecule has 6 nitrogen and oxygen atoms in total. The first kappa shape index (κ1) is 18.4. The van der Waals surface area contributed by atoms with E-state index in [4.69, 9.17) is 0 Å². The molecule has 2 aromatic carbocycles. The monoisotopic (exact) mass is 361 g/mol. The number of aromatic nitrogens is 2. The van der Waals surface area contributed by atoms with Gasteiger partial charge in [-0.15, -0.1) is 0 Å². The number of rotatable bonds is 5. The molecular formula is C21H23N5O. The van der Waals surface area contributed by atoms with Gasteiger partial charge in [-0.05, 0) is 56.7 Å². The fourth-order valence-electron chi connectivity index (χ4n) is 2.75. The molecule has 0 spiro atoms. The minimum atomic E-state index is -0.0933. The van der Waals surface area contributed by atoms with E-state index in [-0.39, 0.29) is 5.91 Å². The van der Waals surface area contributed by atoms with Crippen LogP contribution in [0, 0.1) is 20.8 Å². The van der Waals surface area contributed by atoms with Crippen molar-refractivity contribution in [1.29, 1.82) is 0 Å². The van der Waals surface area contributed by atoms with E-state index in [2.05, 4.69) is 51.9 Å². The number of nitrogens with one attached hydrogen (secondary N) is 3. The Balaban J connectivity index is 1.77. The predicted octanol–water partition coefficient (Wildman–Crippen LogP) is 4.85. The van der Waals surface area contributed by atoms with Crippen molar-refractivity contribution in [3.05, 3.63) is 65.4 Å². The van der Waals surface area contributed by atoms with Crippen LogP contribution in [0.15, 0.2) is 48.5 Å². The normalized spacial score (nSPS) is 10.4. The van der Waals surface area contributed by atoms with Crippen molar-refractivity contribution in [3.8, 4) is 0 Å². The number of hydrogen-bond donors (Lipinski definition) is 3. The molecule has 3 aromatic rings. The first-order chi connectivity index (χ1) is 12.9. The van der Waals surface area contributed by atoms with E-state index in [0.29, 0.717) is 11.8 Å². The van der Waals surface area contributed by atoms with Gasteiger partial charge in [0, 0.05) is 35.7 Å². The lowest BCUT2D eigenvalue weighted by atomic mass is 10.1. The fraction of sp³-hybridized carbons (Fsp3) is 0.190. The van der Waals surface area contributed by atoms with Gasteiger partial charge in [0.15, 0.2) is 0 Å². The Morgan fingerprint density at radius 3 is 2.22 bits per heavy atom. The van der Waals surface area contributed by atoms with Gasteiger partial charge in [-0.2, -0.15) is 4.98 Å². The van der Waals surface area contributed by atoms with Crippen LogP contribution in [-0.2, 0) is 4.79 Å². The van der Waals surface area contributed by atoms with Crippen molar-refractivity contribution in [2.45, 2.75) is 27.7 Å². The van der Waals surface area contributed by atoms with Crippen LogP contribution in [0.4, 0.5) is 28.8 Å². The molecule has 0 saturated carbocycles. The Morgan fingerprint density at radius 2 is 1.56 bits per heavy atom. The second-order valence-corrected chi connectivity index (χ2v) is 6.55. The Hall–Kier alpha value is -3.41. The molecule has 0 saturated heterocycles. The van der Waals surface area contributed by atoms with Gasteiger partial charge in [0.05, 0.1) is 0 Å². The summed E-state index contributed by atoms with van der Waals surface area (Å²) >= 11 is 0. The van der Waals surface area contributed by atoms with Crippen LogP contribution in [0.3, 0.4) is 0 Å². The molecule has 0 bridgehead atoms. The van der Waals surface area contributed by atoms with Crippen LogP contribution in [0.2, 0.25) is 0 Å². The summed E-state index contributed by atoms with van der Waals surface area (Å²) in [6.45, 7) is 7.54. The average Bonchev–Trinajstić information content (AvgIpc) is 2.58. The van der Waals surface area contributed by atoms with Crippen molar-refractivity contribution in [3.63, 3.8) is 0 Å². The highest BCUT2D eigenvalue weighted by Gasteiger charge is 2.06. The third-order valence-corrected chi connectivity index (χ3v) is 3.96. The fourth-order valence-corrected chi connectivity index (χ4v) is 2.75. The standard InChI is InChI=1S/C21H23N5O/c1-13-5-10-19(14(2)11-13)25-21-22-15(3)12-20(26-21)24-18-8-6-17(7-9-18)23-16(4)27/h5-12H,1-4H3,(H,23,27)(H2,22,24,25,26). The lowest BCUT2D eigenvalue weighted by Crippen LogP contribution is -2.05. The maximum atomic E-state index is 11.1. The Bertz CT molecular complexity index is 967. The molecule has 0 aliphatic rings. The Labute approximate surface area is 159 Å². The van der Waals surface area contributed by atoms with Crippen LogP contribution >= 0.6 is 0 Å². The van der Waals surface area contributed by atoms with Crippen molar-refractivity contribution < 1.29 is 4.79 Å². The van der Waals surface area contributed by atoms with Crippen molar-refractivity contribution in [2.75, 3.05) is 16.0 Å². The van der Waals surface area contributed by atoms with Gasteiger partial charge in [-0.25, -0.2) is 4.98 Å². The Kier molecular flexibility index (Phi) is 5.35. The first-order valence-electron chi connectivity index (χ1n) is 8.74. The van der Waals surface area contributed by atoms with E-state index in [9.17, 15) is 4.79 Å². The number of nitrogens with zero attached hydrogens (tertiary/aromatic N) is 2. The van der Waals surface area contributed by atoms with Gasteiger partial charge in [0.25, 0.3) is 0 Å². The summed E-state index contributed by atoms with van der Waals surface area (Å²) in [6, 6.07) is 15.5. The number of anilines is 5. The van der Waals surface area contributed by atoms with Crippen LogP contribution < -0.4 is 16.0 Å². The molecule has 138 valence electrons. The quantitative estimate of drug-likeness (QED) is 0.605. The minimum absolute atomic E-state index is 0.0933. The van der Waals surface area contributed by atoms with Gasteiger partial charge in [0.2, 0.25) is 11.9 Å². The lowest BCUT2D eigenvalue weighted by molar-refractivity contribution is -0.114. The maximum absolute atomic E-state index is 11.1. The van der Waals surface area contributed by atoms with Gasteiger partial charge in [-0.3, -0.25) is 4.79 Å². The summed E-state index contributed by atoms with van der Waals surface area (Å²) in [5.74, 6) is 1.14. The van der Waals surface area contributed by atoms with E-state index in [1.807, 2.05) is 43.3 Å². The zero-order chi connectivity index (χ0) is 19.4. The van der Waals surface area contributed by atoms with Crippen LogP contribution in [0.5, 0.6) is 0 Å². The van der Waals surface area contributed by atoms with E-state index < -0.39 is 0 Å². The largest absolute Gasteiger partial charge is 0.340 e. The zero-order valence-electron chi connectivity index (χ0n) is 15.9. The van der Waals surface area contributed by atoms with E-state index in [1.54, 1.807) is 0 Å². The summed E-state index contributed by atoms with van der Waals surface area (Å²) < 4.78 is 0. The molecule has 0 aliphatic carbocycles. The van der Waals surface area contributed by atoms with Crippen molar-refractivity contribution >= 4 is 34.7 Å². The molecule has 27 heavy (non-hydrogen) atoms. The molecule has 0 atom stereocenters. The second kappa shape index (κ2) is 7.86. The summed E-state index contributed by atoms with van der Waals surface area (Å²) in [7, 11) is 0. The number of hydrogen-bond acceptors (Lipinski definition) is 5. The summed E-state index contributed by atoms with van der Waals surface area (Å²) in [6.07, 6.45) is 0. The highest BCUT2D eigenvalue weighted by molar-refractivity contribution is 5.88. The van der Waals surface area contributed by atoms with E-state index in [0.717, 1.165) is 28.3 Å². The first-order valence-corrected chi connectivity index (χ1v) is 8.74. The Morgan fingerprint density at radius 1 is 0.852 bits per heavy atom. The van der Waals surface area contributed by atoms with Crippen LogP contribution in [0.1, 0.15) is 23.7 Å². The highest BCUT2D eigenvalue weighted by Crippen LogP contribution is 2.22. The highest BCUT2D eigenvalue weighted by atomic mass is 16.1. The van der Waals surface area contributed by atoms with Crippen molar-refractivity contribution in [1.82, 2.24) is 9.97 Å². The SMILES string of the molecule is CC(=O)Nc1ccc(Nc2cc(C)nc(Nc3ccc(C)cc3C)n2)cc1. The molecule has 0 aliphatic heterocycles. The molecule has 6 heteroatoms. The summed E-state index contributed by atoms with van der Waals surface area (Å²) in [5.41, 5.74) is 5.83. The number of carbonyl (C=O) groups is 1. The van der Waals surface area contributed by atoms with Gasteiger partial charge in [0.1, 0.15) is 5.82 Å². The molecule has 1 amide bonds. The average molecular weight is 361 g/mol. The molecule has 0 radical (unpaired) electrons. The molecule has 1 aromatic heterocycles. The predicted molar refractivity (Wildman–Crippen MR) is 110 cm³/mol. The topological polar surface area (TPSA) is 78.9 Å². The molecule has 3 N–H and O–H groups in total. The number of benzene rings is 2. The lowest BCUT2D eigenvalue weighted by Gasteiger charge is -2.12. The zero-order valence-corrected chi connectivity index (χ0v) is 15.9. The maximum Gasteiger partial charge on any atom is 0.229 e. The van der Waals surface area contributed by atoms with Crippen molar-refractivity contribution in [2.24, 2.45) is 0 Å². The van der Waals surface area contributed by atoms with Gasteiger partial charge < -0.3 is 16.0 Å². The van der Waals surface area contributed by atoms with Crippen LogP contribution in [-0.4, -0.2) is 15.9 Å². The number of carbonyl (C=O) groups excluding carboxylic acids is 1. The second-order valence-electron chi connectivity index (χ2n) is 6.55. The van der Waals surface area contributed by atoms with Gasteiger partial charge in [-0.1, -0.05) is 17.7 Å². The third kappa shape index (κ3) is 5.04. The molecule has 0 fully saturated rings. The van der Waals surface area contributed by atoms with Crippen LogP contribution in [0.25, 0.3) is 0 Å². The summed E-state index contributed by atoms with van der Waals surface area (Å²) in [5, 5.41) is 9.31. The van der Waals surface area contributed by atoms with E-state index >= 15 is 0 Å². The van der Waals surface area contributed by atoms with Gasteiger partial charge >= 0.3 is 0 Å². The molecule has 1 heterocycles. The smallest absolute Gasteiger partial charge is 0.229 e. The summed E-state index contributed by atoms with van der Waals surface area (Å²) in [4.78, 5) is 20.1. The third-order valence-electron chi connectivity index (χ3n) is 3.96. The minimum Gasteiger partial charge on any atom is -0.340 e. The molecule has 0 unspecified atom stereocenters. The number of amides is 1. The molecule has 3 rings (SSSR count). The molecular weight excluding hydrogens is 338 g/mol. The van der Waals surface area contributed by atoms with E-state index in [1.165, 1.54) is 12.5 Å².